The van der Waals surface area contributed by atoms with Crippen molar-refractivity contribution < 1.29 is 0 Å². The smallest absolute Gasteiger partial charge is 0.146 e. The number of aromatic nitrogens is 3. The molecule has 0 saturated carbocycles. The van der Waals surface area contributed by atoms with Crippen LogP contribution in [0.5, 0.6) is 0 Å². The van der Waals surface area contributed by atoms with Crippen LogP contribution in [-0.2, 0) is 12.1 Å². The van der Waals surface area contributed by atoms with Gasteiger partial charge in [-0.15, -0.1) is 0 Å². The molecule has 0 spiro atoms. The molecule has 1 rings (SSSR count). The van der Waals surface area contributed by atoms with Crippen LogP contribution in [0.1, 0.15) is 33.5 Å². The maximum absolute atomic E-state index is 4.27. The van der Waals surface area contributed by atoms with Crippen molar-refractivity contribution in [2.75, 3.05) is 6.54 Å². The van der Waals surface area contributed by atoms with Crippen LogP contribution in [0.2, 0.25) is 0 Å². The van der Waals surface area contributed by atoms with Crippen molar-refractivity contribution in [1.29, 1.82) is 0 Å². The third-order valence-electron chi connectivity index (χ3n) is 2.09. The summed E-state index contributed by atoms with van der Waals surface area (Å²) in [5.41, 5.74) is -0.0960. The lowest BCUT2D eigenvalue weighted by molar-refractivity contribution is 0.367. The fourth-order valence-electron chi connectivity index (χ4n) is 1.50. The summed E-state index contributed by atoms with van der Waals surface area (Å²) in [6.07, 6.45) is 1.61. The first kappa shape index (κ1) is 10.2. The Bertz CT molecular complexity index is 264. The zero-order chi connectivity index (χ0) is 9.90. The number of nitrogens with one attached hydrogen (secondary N) is 1. The van der Waals surface area contributed by atoms with Crippen molar-refractivity contribution in [3.63, 3.8) is 0 Å². The Hall–Kier alpha value is -0.900. The van der Waals surface area contributed by atoms with Crippen LogP contribution in [0, 0.1) is 0 Å². The van der Waals surface area contributed by atoms with E-state index in [1.165, 1.54) is 0 Å². The molecule has 0 radical (unpaired) electrons. The van der Waals surface area contributed by atoms with Gasteiger partial charge in [-0.05, 0) is 27.3 Å². The Labute approximate surface area is 79.4 Å². The van der Waals surface area contributed by atoms with Gasteiger partial charge < -0.3 is 5.32 Å². The highest BCUT2D eigenvalue weighted by Crippen LogP contribution is 2.16. The van der Waals surface area contributed by atoms with E-state index in [0.717, 1.165) is 18.9 Å². The fraction of sp³-hybridized carbons (Fsp3) is 0.778. The van der Waals surface area contributed by atoms with Gasteiger partial charge in [0.25, 0.3) is 0 Å². The van der Waals surface area contributed by atoms with Gasteiger partial charge in [-0.1, -0.05) is 6.92 Å². The van der Waals surface area contributed by atoms with Gasteiger partial charge in [0.15, 0.2) is 0 Å². The number of rotatable bonds is 4. The van der Waals surface area contributed by atoms with Crippen molar-refractivity contribution in [1.82, 2.24) is 20.1 Å². The lowest BCUT2D eigenvalue weighted by atomic mass is 10.1. The van der Waals surface area contributed by atoms with E-state index in [1.54, 1.807) is 6.33 Å². The second-order valence-corrected chi connectivity index (χ2v) is 3.55. The van der Waals surface area contributed by atoms with E-state index >= 15 is 0 Å². The monoisotopic (exact) mass is 182 g/mol. The maximum atomic E-state index is 4.27. The molecule has 4 heteroatoms. The van der Waals surface area contributed by atoms with Crippen molar-refractivity contribution in [3.05, 3.63) is 12.2 Å². The Balaban J connectivity index is 2.91. The van der Waals surface area contributed by atoms with E-state index in [9.17, 15) is 0 Å². The normalized spacial score (nSPS) is 12.0. The SMILES string of the molecule is CCNC(C)(C)c1ncnn1CC. The quantitative estimate of drug-likeness (QED) is 0.759. The van der Waals surface area contributed by atoms with E-state index in [2.05, 4.69) is 43.1 Å². The molecule has 0 bridgehead atoms. The summed E-state index contributed by atoms with van der Waals surface area (Å²) < 4.78 is 1.92. The molecule has 74 valence electrons. The van der Waals surface area contributed by atoms with Crippen molar-refractivity contribution in [2.24, 2.45) is 0 Å². The summed E-state index contributed by atoms with van der Waals surface area (Å²) >= 11 is 0. The fourth-order valence-corrected chi connectivity index (χ4v) is 1.50. The maximum Gasteiger partial charge on any atom is 0.146 e. The van der Waals surface area contributed by atoms with Gasteiger partial charge in [-0.25, -0.2) is 9.67 Å². The minimum absolute atomic E-state index is 0.0960. The standard InChI is InChI=1S/C9H18N4/c1-5-11-9(3,4)8-10-7-12-13(8)6-2/h7,11H,5-6H2,1-4H3. The van der Waals surface area contributed by atoms with Crippen LogP contribution in [-0.4, -0.2) is 21.3 Å². The first-order valence-electron chi connectivity index (χ1n) is 4.75. The van der Waals surface area contributed by atoms with Crippen molar-refractivity contribution >= 4 is 0 Å². The molecule has 0 saturated heterocycles. The first-order valence-corrected chi connectivity index (χ1v) is 4.75. The first-order chi connectivity index (χ1) is 6.11. The lowest BCUT2D eigenvalue weighted by Gasteiger charge is -2.24. The van der Waals surface area contributed by atoms with Crippen LogP contribution < -0.4 is 5.32 Å². The predicted octanol–water partition coefficient (Wildman–Crippen LogP) is 1.14. The van der Waals surface area contributed by atoms with Gasteiger partial charge in [0.1, 0.15) is 12.2 Å². The molecule has 0 aliphatic heterocycles. The molecular weight excluding hydrogens is 164 g/mol. The van der Waals surface area contributed by atoms with Gasteiger partial charge in [0.05, 0.1) is 5.54 Å². The molecule has 0 fully saturated rings. The van der Waals surface area contributed by atoms with Gasteiger partial charge in [-0.3, -0.25) is 0 Å². The highest BCUT2D eigenvalue weighted by molar-refractivity contribution is 5.01. The molecule has 1 N–H and O–H groups in total. The molecule has 0 atom stereocenters. The largest absolute Gasteiger partial charge is 0.306 e. The number of nitrogens with zero attached hydrogens (tertiary/aromatic N) is 3. The second-order valence-electron chi connectivity index (χ2n) is 3.55. The Morgan fingerprint density at radius 1 is 1.46 bits per heavy atom. The van der Waals surface area contributed by atoms with Crippen LogP contribution in [0.3, 0.4) is 0 Å². The van der Waals surface area contributed by atoms with Gasteiger partial charge >= 0.3 is 0 Å². The molecule has 0 aliphatic rings. The average Bonchev–Trinajstić information content (AvgIpc) is 2.51. The van der Waals surface area contributed by atoms with Crippen molar-refractivity contribution in [2.45, 2.75) is 39.8 Å². The number of aryl methyl sites for hydroxylation is 1. The summed E-state index contributed by atoms with van der Waals surface area (Å²) in [6, 6.07) is 0. The summed E-state index contributed by atoms with van der Waals surface area (Å²) in [4.78, 5) is 4.27. The summed E-state index contributed by atoms with van der Waals surface area (Å²) in [5, 5.41) is 7.52. The molecule has 0 aliphatic carbocycles. The Morgan fingerprint density at radius 2 is 2.15 bits per heavy atom. The lowest BCUT2D eigenvalue weighted by Crippen LogP contribution is -2.39. The molecule has 0 amide bonds. The highest BCUT2D eigenvalue weighted by Gasteiger charge is 2.24. The topological polar surface area (TPSA) is 42.7 Å². The second kappa shape index (κ2) is 3.87. The Kier molecular flexibility index (Phi) is 3.03. The predicted molar refractivity (Wildman–Crippen MR) is 52.4 cm³/mol. The number of hydrogen-bond acceptors (Lipinski definition) is 3. The van der Waals surface area contributed by atoms with E-state index < -0.39 is 0 Å². The summed E-state index contributed by atoms with van der Waals surface area (Å²) in [7, 11) is 0. The van der Waals surface area contributed by atoms with E-state index in [-0.39, 0.29) is 5.54 Å². The Morgan fingerprint density at radius 3 is 2.69 bits per heavy atom. The van der Waals surface area contributed by atoms with E-state index in [0.29, 0.717) is 0 Å². The third kappa shape index (κ3) is 2.06. The van der Waals surface area contributed by atoms with Crippen LogP contribution in [0.15, 0.2) is 6.33 Å². The van der Waals surface area contributed by atoms with E-state index in [1.807, 2.05) is 4.68 Å². The molecule has 13 heavy (non-hydrogen) atoms. The van der Waals surface area contributed by atoms with Crippen molar-refractivity contribution in [3.8, 4) is 0 Å². The molecular formula is C9H18N4. The molecule has 0 aromatic carbocycles. The van der Waals surface area contributed by atoms with Crippen LogP contribution in [0.25, 0.3) is 0 Å². The zero-order valence-corrected chi connectivity index (χ0v) is 8.83. The average molecular weight is 182 g/mol. The van der Waals surface area contributed by atoms with Gasteiger partial charge in [0, 0.05) is 6.54 Å². The van der Waals surface area contributed by atoms with E-state index in [4.69, 9.17) is 0 Å². The molecule has 1 aromatic heterocycles. The number of hydrogen-bond donors (Lipinski definition) is 1. The molecule has 1 heterocycles. The van der Waals surface area contributed by atoms with Gasteiger partial charge in [-0.2, -0.15) is 5.10 Å². The third-order valence-corrected chi connectivity index (χ3v) is 2.09. The van der Waals surface area contributed by atoms with Crippen LogP contribution in [0.4, 0.5) is 0 Å². The van der Waals surface area contributed by atoms with Gasteiger partial charge in [0.2, 0.25) is 0 Å². The minimum Gasteiger partial charge on any atom is -0.306 e. The molecule has 0 unspecified atom stereocenters. The minimum atomic E-state index is -0.0960. The molecule has 1 aromatic rings. The van der Waals surface area contributed by atoms with Crippen LogP contribution >= 0.6 is 0 Å². The molecule has 4 nitrogen and oxygen atoms in total. The summed E-state index contributed by atoms with van der Waals surface area (Å²) in [6.45, 7) is 10.2. The zero-order valence-electron chi connectivity index (χ0n) is 8.83. The summed E-state index contributed by atoms with van der Waals surface area (Å²) in [5.74, 6) is 0.997. The highest BCUT2D eigenvalue weighted by atomic mass is 15.3.